The predicted molar refractivity (Wildman–Crippen MR) is 145 cm³/mol. The highest BCUT2D eigenvalue weighted by Crippen LogP contribution is 2.35. The molecule has 1 fully saturated rings. The van der Waals surface area contributed by atoms with Gasteiger partial charge in [-0.1, -0.05) is 24.3 Å². The van der Waals surface area contributed by atoms with Gasteiger partial charge in [0, 0.05) is 36.2 Å². The summed E-state index contributed by atoms with van der Waals surface area (Å²) in [6.07, 6.45) is 4.52. The maximum atomic E-state index is 12.8. The van der Waals surface area contributed by atoms with Gasteiger partial charge in [-0.3, -0.25) is 9.78 Å². The van der Waals surface area contributed by atoms with Crippen molar-refractivity contribution in [2.24, 2.45) is 11.7 Å². The Morgan fingerprint density at radius 1 is 1.14 bits per heavy atom. The van der Waals surface area contributed by atoms with E-state index in [1.165, 1.54) is 4.90 Å². The number of carboxylic acid groups (broad SMARTS) is 1. The molecule has 190 valence electrons. The first-order valence-electron chi connectivity index (χ1n) is 12.3. The number of rotatable bonds is 7. The number of carbonyl (C=O) groups excluding carboxylic acids is 1. The number of benzene rings is 1. The molecule has 1 aliphatic rings. The molecule has 1 aromatic carbocycles. The molecule has 0 aliphatic heterocycles. The fourth-order valence-corrected chi connectivity index (χ4v) is 5.48. The molecule has 7 nitrogen and oxygen atoms in total. The third kappa shape index (κ3) is 6.12. The summed E-state index contributed by atoms with van der Waals surface area (Å²) in [5.41, 5.74) is 11.4. The van der Waals surface area contributed by atoms with Gasteiger partial charge in [0.25, 0.3) is 0 Å². The Bertz CT molecular complexity index is 1190. The third-order valence-electron chi connectivity index (χ3n) is 7.05. The molecule has 4 rings (SSSR count). The van der Waals surface area contributed by atoms with Crippen LogP contribution in [0.2, 0.25) is 0 Å². The molecule has 0 saturated heterocycles. The van der Waals surface area contributed by atoms with Gasteiger partial charge in [0.2, 0.25) is 5.91 Å². The van der Waals surface area contributed by atoms with Gasteiger partial charge < -0.3 is 21.1 Å². The molecule has 1 saturated carbocycles. The van der Waals surface area contributed by atoms with Crippen molar-refractivity contribution in [2.75, 3.05) is 12.4 Å². The lowest BCUT2D eigenvalue weighted by Crippen LogP contribution is -2.38. The summed E-state index contributed by atoms with van der Waals surface area (Å²) < 4.78 is 0. The molecule has 36 heavy (non-hydrogen) atoms. The second kappa shape index (κ2) is 10.8. The molecule has 0 unspecified atom stereocenters. The van der Waals surface area contributed by atoms with Crippen molar-refractivity contribution < 1.29 is 14.7 Å². The molecular weight excluding hydrogens is 472 g/mol. The number of aromatic nitrogens is 1. The van der Waals surface area contributed by atoms with Gasteiger partial charge in [0.15, 0.2) is 0 Å². The van der Waals surface area contributed by atoms with Crippen LogP contribution < -0.4 is 11.1 Å². The number of amides is 2. The summed E-state index contributed by atoms with van der Waals surface area (Å²) in [5, 5.41) is 16.3. The van der Waals surface area contributed by atoms with Gasteiger partial charge in [0.1, 0.15) is 0 Å². The number of nitrogens with one attached hydrogen (secondary N) is 1. The van der Waals surface area contributed by atoms with E-state index in [1.54, 1.807) is 24.6 Å². The van der Waals surface area contributed by atoms with Crippen LogP contribution in [0.15, 0.2) is 53.4 Å². The summed E-state index contributed by atoms with van der Waals surface area (Å²) in [6, 6.07) is 12.2. The van der Waals surface area contributed by atoms with E-state index in [0.717, 1.165) is 53.6 Å². The fourth-order valence-electron chi connectivity index (χ4n) is 4.83. The SMILES string of the molecule is CN(C(=O)O)C1CCC(CC(=O)Nc2cnc(-c3ccc(C(C)(C)N)cc3)c(-c3ccsc3)c2)CC1. The van der Waals surface area contributed by atoms with Crippen LogP contribution >= 0.6 is 11.3 Å². The monoisotopic (exact) mass is 506 g/mol. The maximum Gasteiger partial charge on any atom is 0.407 e. The molecule has 0 spiro atoms. The van der Waals surface area contributed by atoms with Crippen molar-refractivity contribution in [1.82, 2.24) is 9.88 Å². The van der Waals surface area contributed by atoms with E-state index in [-0.39, 0.29) is 17.9 Å². The van der Waals surface area contributed by atoms with Gasteiger partial charge in [-0.2, -0.15) is 11.3 Å². The van der Waals surface area contributed by atoms with Crippen molar-refractivity contribution in [1.29, 1.82) is 0 Å². The number of anilines is 1. The lowest BCUT2D eigenvalue weighted by Gasteiger charge is -2.32. The lowest BCUT2D eigenvalue weighted by molar-refractivity contribution is -0.117. The largest absolute Gasteiger partial charge is 0.465 e. The summed E-state index contributed by atoms with van der Waals surface area (Å²) in [7, 11) is 1.62. The molecule has 0 radical (unpaired) electrons. The van der Waals surface area contributed by atoms with E-state index >= 15 is 0 Å². The Morgan fingerprint density at radius 2 is 1.83 bits per heavy atom. The van der Waals surface area contributed by atoms with Crippen LogP contribution in [0.3, 0.4) is 0 Å². The molecular formula is C28H34N4O3S. The lowest BCUT2D eigenvalue weighted by atomic mass is 9.83. The van der Waals surface area contributed by atoms with Crippen LogP contribution in [0.5, 0.6) is 0 Å². The average Bonchev–Trinajstić information content (AvgIpc) is 3.38. The molecule has 4 N–H and O–H groups in total. The summed E-state index contributed by atoms with van der Waals surface area (Å²) in [6.45, 7) is 3.96. The molecule has 0 atom stereocenters. The number of thiophene rings is 1. The summed E-state index contributed by atoms with van der Waals surface area (Å²) in [4.78, 5) is 30.2. The molecule has 3 aromatic rings. The molecule has 2 heterocycles. The minimum absolute atomic E-state index is 0.0367. The number of hydrogen-bond acceptors (Lipinski definition) is 5. The summed E-state index contributed by atoms with van der Waals surface area (Å²) >= 11 is 1.62. The number of nitrogens with zero attached hydrogens (tertiary/aromatic N) is 2. The molecule has 2 amide bonds. The van der Waals surface area contributed by atoms with Crippen LogP contribution in [0.25, 0.3) is 22.4 Å². The normalized spacial score (nSPS) is 18.0. The summed E-state index contributed by atoms with van der Waals surface area (Å²) in [5.74, 6) is 0.225. The second-order valence-electron chi connectivity index (χ2n) is 10.3. The number of pyridine rings is 1. The van der Waals surface area contributed by atoms with Gasteiger partial charge in [-0.25, -0.2) is 4.79 Å². The zero-order chi connectivity index (χ0) is 25.9. The average molecular weight is 507 g/mol. The van der Waals surface area contributed by atoms with Crippen LogP contribution in [0.1, 0.15) is 51.5 Å². The van der Waals surface area contributed by atoms with E-state index < -0.39 is 11.6 Å². The van der Waals surface area contributed by atoms with Crippen molar-refractivity contribution >= 4 is 29.0 Å². The highest BCUT2D eigenvalue weighted by atomic mass is 32.1. The van der Waals surface area contributed by atoms with Crippen LogP contribution in [-0.4, -0.2) is 40.1 Å². The molecule has 0 bridgehead atoms. The number of carbonyl (C=O) groups is 2. The van der Waals surface area contributed by atoms with Gasteiger partial charge in [0.05, 0.1) is 17.6 Å². The molecule has 2 aromatic heterocycles. The van der Waals surface area contributed by atoms with E-state index in [0.29, 0.717) is 12.1 Å². The topological polar surface area (TPSA) is 109 Å². The van der Waals surface area contributed by atoms with Gasteiger partial charge in [-0.05, 0) is 79.5 Å². The molecule has 8 heteroatoms. The first-order valence-corrected chi connectivity index (χ1v) is 13.2. The highest BCUT2D eigenvalue weighted by molar-refractivity contribution is 7.08. The van der Waals surface area contributed by atoms with Crippen molar-refractivity contribution in [2.45, 2.75) is 57.5 Å². The Labute approximate surface area is 216 Å². The number of hydrogen-bond donors (Lipinski definition) is 3. The second-order valence-corrected chi connectivity index (χ2v) is 11.0. The highest BCUT2D eigenvalue weighted by Gasteiger charge is 2.27. The van der Waals surface area contributed by atoms with E-state index in [2.05, 4.69) is 16.8 Å². The third-order valence-corrected chi connectivity index (χ3v) is 7.73. The van der Waals surface area contributed by atoms with E-state index in [9.17, 15) is 14.7 Å². The minimum atomic E-state index is -0.896. The van der Waals surface area contributed by atoms with Crippen LogP contribution in [0, 0.1) is 5.92 Å². The van der Waals surface area contributed by atoms with Gasteiger partial charge in [-0.15, -0.1) is 0 Å². The Morgan fingerprint density at radius 3 is 2.42 bits per heavy atom. The quantitative estimate of drug-likeness (QED) is 0.355. The van der Waals surface area contributed by atoms with Crippen LogP contribution in [0.4, 0.5) is 10.5 Å². The molecule has 1 aliphatic carbocycles. The number of nitrogens with two attached hydrogens (primary N) is 1. The van der Waals surface area contributed by atoms with Crippen molar-refractivity contribution in [3.05, 3.63) is 58.9 Å². The van der Waals surface area contributed by atoms with Crippen molar-refractivity contribution in [3.63, 3.8) is 0 Å². The Balaban J connectivity index is 1.47. The first kappa shape index (κ1) is 25.9. The Hall–Kier alpha value is -3.23. The van der Waals surface area contributed by atoms with Crippen molar-refractivity contribution in [3.8, 4) is 22.4 Å². The maximum absolute atomic E-state index is 12.8. The zero-order valence-electron chi connectivity index (χ0n) is 21.0. The standard InChI is InChI=1S/C28H34N4O3S/c1-28(2,29)21-8-6-19(7-9-21)26-24(20-12-13-36-17-20)15-22(16-30-26)31-25(33)14-18-4-10-23(11-5-18)32(3)27(34)35/h6-9,12-13,15-18,23H,4-5,10-11,14,29H2,1-3H3,(H,31,33)(H,34,35). The van der Waals surface area contributed by atoms with E-state index in [1.807, 2.05) is 49.6 Å². The Kier molecular flexibility index (Phi) is 7.76. The fraction of sp³-hybridized carbons (Fsp3) is 0.393. The minimum Gasteiger partial charge on any atom is -0.465 e. The smallest absolute Gasteiger partial charge is 0.407 e. The van der Waals surface area contributed by atoms with E-state index in [4.69, 9.17) is 10.7 Å². The predicted octanol–water partition coefficient (Wildman–Crippen LogP) is 6.17. The van der Waals surface area contributed by atoms with Gasteiger partial charge >= 0.3 is 6.09 Å². The first-order chi connectivity index (χ1) is 17.1. The zero-order valence-corrected chi connectivity index (χ0v) is 21.8. The van der Waals surface area contributed by atoms with Crippen LogP contribution in [-0.2, 0) is 10.3 Å².